The molecule has 0 spiro atoms. The number of nitriles is 1. The first kappa shape index (κ1) is 18.8. The highest BCUT2D eigenvalue weighted by atomic mass is 35.5. The molecule has 5 heteroatoms. The van der Waals surface area contributed by atoms with Gasteiger partial charge >= 0.3 is 0 Å². The molecule has 4 nitrogen and oxygen atoms in total. The number of benzene rings is 3. The van der Waals surface area contributed by atoms with Gasteiger partial charge in [0, 0.05) is 10.6 Å². The minimum Gasteiger partial charge on any atom is -0.488 e. The fourth-order valence-electron chi connectivity index (χ4n) is 3.09. The van der Waals surface area contributed by atoms with Crippen molar-refractivity contribution < 1.29 is 4.74 Å². The Morgan fingerprint density at radius 3 is 2.62 bits per heavy atom. The maximum atomic E-state index is 9.68. The first-order valence-electron chi connectivity index (χ1n) is 9.20. The zero-order valence-corrected chi connectivity index (χ0v) is 16.4. The predicted octanol–water partition coefficient (Wildman–Crippen LogP) is 5.88. The molecule has 0 fully saturated rings. The second-order valence-electron chi connectivity index (χ2n) is 6.60. The summed E-state index contributed by atoms with van der Waals surface area (Å²) in [6.45, 7) is 0.874. The third-order valence-corrected chi connectivity index (χ3v) is 4.82. The summed E-state index contributed by atoms with van der Waals surface area (Å²) >= 11 is 5.94. The summed E-state index contributed by atoms with van der Waals surface area (Å²) in [5.41, 5.74) is 4.43. The molecular weight excluding hydrogens is 382 g/mol. The summed E-state index contributed by atoms with van der Waals surface area (Å²) in [7, 11) is 0. The number of rotatable bonds is 6. The Kier molecular flexibility index (Phi) is 5.60. The minimum absolute atomic E-state index is 0.427. The lowest BCUT2D eigenvalue weighted by atomic mass is 10.1. The van der Waals surface area contributed by atoms with Crippen molar-refractivity contribution in [3.05, 3.63) is 101 Å². The molecular formula is C24H18ClN3O. The first-order chi connectivity index (χ1) is 14.2. The van der Waals surface area contributed by atoms with Crippen LogP contribution in [-0.2, 0) is 13.2 Å². The lowest BCUT2D eigenvalue weighted by molar-refractivity contribution is 0.305. The molecule has 0 amide bonds. The van der Waals surface area contributed by atoms with Crippen LogP contribution < -0.4 is 4.74 Å². The minimum atomic E-state index is 0.427. The molecule has 0 saturated heterocycles. The van der Waals surface area contributed by atoms with Crippen LogP contribution in [0.4, 0.5) is 0 Å². The van der Waals surface area contributed by atoms with Gasteiger partial charge in [0.2, 0.25) is 0 Å². The number of hydrogen-bond donors (Lipinski definition) is 0. The highest BCUT2D eigenvalue weighted by molar-refractivity contribution is 6.30. The normalized spacial score (nSPS) is 11.4. The number of allylic oxidation sites excluding steroid dienone is 1. The van der Waals surface area contributed by atoms with Crippen LogP contribution in [-0.4, -0.2) is 9.55 Å². The molecule has 4 aromatic rings. The van der Waals surface area contributed by atoms with Gasteiger partial charge in [-0.1, -0.05) is 54.1 Å². The number of fused-ring (bicyclic) bond motifs is 1. The summed E-state index contributed by atoms with van der Waals surface area (Å²) in [5.74, 6) is 0.727. The molecule has 29 heavy (non-hydrogen) atoms. The van der Waals surface area contributed by atoms with Crippen molar-refractivity contribution in [3.8, 4) is 11.8 Å². The second-order valence-corrected chi connectivity index (χ2v) is 7.03. The van der Waals surface area contributed by atoms with Crippen molar-refractivity contribution in [2.45, 2.75) is 13.2 Å². The zero-order valence-electron chi connectivity index (χ0n) is 15.6. The summed E-state index contributed by atoms with van der Waals surface area (Å²) in [6.07, 6.45) is 3.63. The van der Waals surface area contributed by atoms with Crippen LogP contribution in [0.15, 0.2) is 84.7 Å². The average Bonchev–Trinajstić information content (AvgIpc) is 3.16. The van der Waals surface area contributed by atoms with Gasteiger partial charge in [-0.15, -0.1) is 0 Å². The molecule has 0 aliphatic rings. The van der Waals surface area contributed by atoms with Crippen molar-refractivity contribution >= 4 is 28.7 Å². The number of para-hydroxylation sites is 3. The summed E-state index contributed by atoms with van der Waals surface area (Å²) in [4.78, 5) is 4.39. The monoisotopic (exact) mass is 399 g/mol. The standard InChI is InChI=1S/C24H18ClN3O/c25-21-11-9-18(10-12-21)16-29-24-8-4-1-5-20(24)13-19(14-26)15-28-17-27-22-6-2-3-7-23(22)28/h1-13,17H,15-16H2/b19-13-. The quantitative estimate of drug-likeness (QED) is 0.380. The summed E-state index contributed by atoms with van der Waals surface area (Å²) in [5, 5.41) is 10.4. The van der Waals surface area contributed by atoms with E-state index >= 15 is 0 Å². The maximum Gasteiger partial charge on any atom is 0.127 e. The molecule has 0 bridgehead atoms. The van der Waals surface area contributed by atoms with E-state index < -0.39 is 0 Å². The van der Waals surface area contributed by atoms with Crippen LogP contribution >= 0.6 is 11.6 Å². The van der Waals surface area contributed by atoms with E-state index in [1.807, 2.05) is 83.4 Å². The van der Waals surface area contributed by atoms with Crippen LogP contribution in [0, 0.1) is 11.3 Å². The molecule has 0 atom stereocenters. The molecule has 0 aliphatic carbocycles. The Labute approximate surface area is 174 Å². The molecule has 0 saturated carbocycles. The number of halogens is 1. The van der Waals surface area contributed by atoms with Crippen LogP contribution in [0.1, 0.15) is 11.1 Å². The van der Waals surface area contributed by atoms with Gasteiger partial charge in [0.1, 0.15) is 12.4 Å². The number of ether oxygens (including phenoxy) is 1. The molecule has 1 heterocycles. The van der Waals surface area contributed by atoms with Crippen molar-refractivity contribution in [2.75, 3.05) is 0 Å². The highest BCUT2D eigenvalue weighted by Gasteiger charge is 2.07. The first-order valence-corrected chi connectivity index (χ1v) is 9.57. The second kappa shape index (κ2) is 8.64. The van der Waals surface area contributed by atoms with Gasteiger partial charge in [0.05, 0.1) is 35.5 Å². The maximum absolute atomic E-state index is 9.68. The van der Waals surface area contributed by atoms with Crippen molar-refractivity contribution in [1.29, 1.82) is 5.26 Å². The van der Waals surface area contributed by atoms with Gasteiger partial charge in [-0.25, -0.2) is 4.98 Å². The van der Waals surface area contributed by atoms with Crippen molar-refractivity contribution in [1.82, 2.24) is 9.55 Å². The highest BCUT2D eigenvalue weighted by Crippen LogP contribution is 2.23. The van der Waals surface area contributed by atoms with Crippen LogP contribution in [0.25, 0.3) is 17.1 Å². The van der Waals surface area contributed by atoms with Crippen molar-refractivity contribution in [3.63, 3.8) is 0 Å². The van der Waals surface area contributed by atoms with Gasteiger partial charge in [0.15, 0.2) is 0 Å². The number of hydrogen-bond acceptors (Lipinski definition) is 3. The summed E-state index contributed by atoms with van der Waals surface area (Å²) < 4.78 is 7.97. The SMILES string of the molecule is N#C/C(=C/c1ccccc1OCc1ccc(Cl)cc1)Cn1cnc2ccccc21. The van der Waals surface area contributed by atoms with E-state index in [-0.39, 0.29) is 0 Å². The zero-order chi connectivity index (χ0) is 20.1. The summed E-state index contributed by atoms with van der Waals surface area (Å²) in [6, 6.07) is 25.4. The van der Waals surface area contributed by atoms with Crippen LogP contribution in [0.3, 0.4) is 0 Å². The molecule has 3 aromatic carbocycles. The third kappa shape index (κ3) is 4.48. The van der Waals surface area contributed by atoms with Crippen LogP contribution in [0.2, 0.25) is 5.02 Å². The molecule has 0 N–H and O–H groups in total. The van der Waals surface area contributed by atoms with E-state index in [0.29, 0.717) is 23.7 Å². The Morgan fingerprint density at radius 2 is 1.79 bits per heavy atom. The Balaban J connectivity index is 1.56. The Morgan fingerprint density at radius 1 is 1.03 bits per heavy atom. The molecule has 142 valence electrons. The fourth-order valence-corrected chi connectivity index (χ4v) is 3.22. The largest absolute Gasteiger partial charge is 0.488 e. The molecule has 0 radical (unpaired) electrons. The van der Waals surface area contributed by atoms with E-state index in [0.717, 1.165) is 27.9 Å². The van der Waals surface area contributed by atoms with Gasteiger partial charge < -0.3 is 9.30 Å². The Bertz CT molecular complexity index is 1200. The van der Waals surface area contributed by atoms with Crippen molar-refractivity contribution in [2.24, 2.45) is 0 Å². The van der Waals surface area contributed by atoms with Crippen LogP contribution in [0.5, 0.6) is 5.75 Å². The topological polar surface area (TPSA) is 50.8 Å². The number of imidazole rings is 1. The van der Waals surface area contributed by atoms with E-state index in [1.165, 1.54) is 0 Å². The van der Waals surface area contributed by atoms with E-state index in [2.05, 4.69) is 11.1 Å². The smallest absolute Gasteiger partial charge is 0.127 e. The van der Waals surface area contributed by atoms with E-state index in [9.17, 15) is 5.26 Å². The predicted molar refractivity (Wildman–Crippen MR) is 116 cm³/mol. The third-order valence-electron chi connectivity index (χ3n) is 4.57. The average molecular weight is 400 g/mol. The molecule has 0 unspecified atom stereocenters. The van der Waals surface area contributed by atoms with Gasteiger partial charge in [-0.3, -0.25) is 0 Å². The van der Waals surface area contributed by atoms with Gasteiger partial charge in [-0.05, 0) is 42.0 Å². The molecule has 1 aromatic heterocycles. The fraction of sp³-hybridized carbons (Fsp3) is 0.0833. The molecule has 4 rings (SSSR count). The lowest BCUT2D eigenvalue weighted by Crippen LogP contribution is -2.00. The Hall–Kier alpha value is -3.55. The van der Waals surface area contributed by atoms with E-state index in [4.69, 9.17) is 16.3 Å². The lowest BCUT2D eigenvalue weighted by Gasteiger charge is -2.10. The van der Waals surface area contributed by atoms with Gasteiger partial charge in [0.25, 0.3) is 0 Å². The number of nitrogens with zero attached hydrogens (tertiary/aromatic N) is 3. The van der Waals surface area contributed by atoms with Gasteiger partial charge in [-0.2, -0.15) is 5.26 Å². The number of aromatic nitrogens is 2. The van der Waals surface area contributed by atoms with E-state index in [1.54, 1.807) is 6.33 Å². The molecule has 0 aliphatic heterocycles.